The van der Waals surface area contributed by atoms with Crippen molar-refractivity contribution in [2.45, 2.75) is 51.4 Å². The largest absolute Gasteiger partial charge is 0.374 e. The van der Waals surface area contributed by atoms with Gasteiger partial charge in [-0.2, -0.15) is 0 Å². The van der Waals surface area contributed by atoms with Crippen molar-refractivity contribution in [2.24, 2.45) is 0 Å². The quantitative estimate of drug-likeness (QED) is 0.912. The summed E-state index contributed by atoms with van der Waals surface area (Å²) in [6.07, 6.45) is 3.15. The maximum atomic E-state index is 5.84. The molecular formula is C15H22BrNO. The van der Waals surface area contributed by atoms with E-state index < -0.39 is 0 Å². The van der Waals surface area contributed by atoms with Gasteiger partial charge in [0, 0.05) is 16.6 Å². The summed E-state index contributed by atoms with van der Waals surface area (Å²) in [4.78, 5) is 0. The molecule has 0 aliphatic carbocycles. The van der Waals surface area contributed by atoms with E-state index in [1.165, 1.54) is 18.4 Å². The zero-order chi connectivity index (χ0) is 13.2. The number of ether oxygens (including phenoxy) is 1. The molecule has 1 fully saturated rings. The number of benzene rings is 1. The molecule has 2 nitrogen and oxygen atoms in total. The molecule has 3 heteroatoms. The first-order valence-electron chi connectivity index (χ1n) is 6.64. The summed E-state index contributed by atoms with van der Waals surface area (Å²) >= 11 is 3.47. The van der Waals surface area contributed by atoms with Crippen LogP contribution >= 0.6 is 15.9 Å². The average molecular weight is 312 g/mol. The van der Waals surface area contributed by atoms with Crippen molar-refractivity contribution in [1.82, 2.24) is 5.32 Å². The molecule has 0 bridgehead atoms. The minimum Gasteiger partial charge on any atom is -0.374 e. The zero-order valence-electron chi connectivity index (χ0n) is 11.4. The molecule has 0 amide bonds. The summed E-state index contributed by atoms with van der Waals surface area (Å²) in [5.41, 5.74) is 1.28. The molecule has 1 aromatic carbocycles. The number of hydrogen-bond acceptors (Lipinski definition) is 2. The molecule has 1 aliphatic rings. The molecule has 1 aliphatic heterocycles. The lowest BCUT2D eigenvalue weighted by molar-refractivity contribution is 0.0516. The normalized spacial score (nSPS) is 24.4. The van der Waals surface area contributed by atoms with Crippen molar-refractivity contribution in [3.63, 3.8) is 0 Å². The van der Waals surface area contributed by atoms with E-state index in [1.54, 1.807) is 0 Å². The number of rotatable bonds is 4. The fraction of sp³-hybridized carbons (Fsp3) is 0.600. The van der Waals surface area contributed by atoms with Gasteiger partial charge in [0.1, 0.15) is 0 Å². The number of nitrogens with one attached hydrogen (secondary N) is 1. The lowest BCUT2D eigenvalue weighted by Crippen LogP contribution is -2.41. The van der Waals surface area contributed by atoms with Crippen LogP contribution in [0.3, 0.4) is 0 Å². The molecule has 0 spiro atoms. The van der Waals surface area contributed by atoms with Crippen LogP contribution in [0.2, 0.25) is 0 Å². The second-order valence-electron chi connectivity index (χ2n) is 5.66. The SMILES string of the molecule is CC1CCC(CNC(C)(C)c2ccc(Br)cc2)O1. The highest BCUT2D eigenvalue weighted by molar-refractivity contribution is 9.10. The molecule has 2 rings (SSSR count). The van der Waals surface area contributed by atoms with Gasteiger partial charge < -0.3 is 10.1 Å². The average Bonchev–Trinajstić information content (AvgIpc) is 2.73. The topological polar surface area (TPSA) is 21.3 Å². The molecule has 0 aromatic heterocycles. The van der Waals surface area contributed by atoms with Gasteiger partial charge in [-0.3, -0.25) is 0 Å². The Kier molecular flexibility index (Phi) is 4.46. The van der Waals surface area contributed by atoms with Gasteiger partial charge in [-0.25, -0.2) is 0 Å². The van der Waals surface area contributed by atoms with E-state index in [4.69, 9.17) is 4.74 Å². The smallest absolute Gasteiger partial charge is 0.0704 e. The van der Waals surface area contributed by atoms with Gasteiger partial charge in [0.2, 0.25) is 0 Å². The fourth-order valence-electron chi connectivity index (χ4n) is 2.37. The summed E-state index contributed by atoms with van der Waals surface area (Å²) < 4.78 is 6.96. The molecule has 1 heterocycles. The van der Waals surface area contributed by atoms with Crippen LogP contribution in [0.4, 0.5) is 0 Å². The number of halogens is 1. The molecule has 0 radical (unpaired) electrons. The fourth-order valence-corrected chi connectivity index (χ4v) is 2.64. The highest BCUT2D eigenvalue weighted by atomic mass is 79.9. The van der Waals surface area contributed by atoms with Gasteiger partial charge in [-0.05, 0) is 51.3 Å². The van der Waals surface area contributed by atoms with Crippen LogP contribution in [0, 0.1) is 0 Å². The van der Waals surface area contributed by atoms with Crippen LogP contribution in [0.5, 0.6) is 0 Å². The monoisotopic (exact) mass is 311 g/mol. The minimum atomic E-state index is -0.0180. The van der Waals surface area contributed by atoms with Crippen LogP contribution in [-0.2, 0) is 10.3 Å². The van der Waals surface area contributed by atoms with E-state index in [-0.39, 0.29) is 5.54 Å². The van der Waals surface area contributed by atoms with E-state index in [2.05, 4.69) is 66.3 Å². The van der Waals surface area contributed by atoms with E-state index in [9.17, 15) is 0 Å². The van der Waals surface area contributed by atoms with E-state index >= 15 is 0 Å². The second-order valence-corrected chi connectivity index (χ2v) is 6.57. The third-order valence-electron chi connectivity index (χ3n) is 3.66. The van der Waals surface area contributed by atoms with Crippen LogP contribution in [0.1, 0.15) is 39.2 Å². The maximum absolute atomic E-state index is 5.84. The summed E-state index contributed by atoms with van der Waals surface area (Å²) in [5.74, 6) is 0. The predicted molar refractivity (Wildman–Crippen MR) is 78.7 cm³/mol. The Bertz CT molecular complexity index is 388. The summed E-state index contributed by atoms with van der Waals surface area (Å²) in [6.45, 7) is 7.51. The molecule has 1 aromatic rings. The Labute approximate surface area is 118 Å². The van der Waals surface area contributed by atoms with E-state index in [0.29, 0.717) is 12.2 Å². The molecule has 1 N–H and O–H groups in total. The van der Waals surface area contributed by atoms with Crippen LogP contribution in [-0.4, -0.2) is 18.8 Å². The molecule has 1 saturated heterocycles. The maximum Gasteiger partial charge on any atom is 0.0704 e. The van der Waals surface area contributed by atoms with Gasteiger partial charge in [0.25, 0.3) is 0 Å². The van der Waals surface area contributed by atoms with Crippen molar-refractivity contribution in [1.29, 1.82) is 0 Å². The van der Waals surface area contributed by atoms with Gasteiger partial charge in [0.15, 0.2) is 0 Å². The predicted octanol–water partition coefficient (Wildman–Crippen LogP) is 3.84. The third kappa shape index (κ3) is 3.56. The summed E-state index contributed by atoms with van der Waals surface area (Å²) in [6, 6.07) is 8.50. The van der Waals surface area contributed by atoms with Crippen molar-refractivity contribution in [2.75, 3.05) is 6.54 Å². The third-order valence-corrected chi connectivity index (χ3v) is 4.19. The molecule has 0 saturated carbocycles. The van der Waals surface area contributed by atoms with Crippen LogP contribution < -0.4 is 5.32 Å². The van der Waals surface area contributed by atoms with Gasteiger partial charge in [0.05, 0.1) is 12.2 Å². The molecule has 100 valence electrons. The minimum absolute atomic E-state index is 0.0180. The van der Waals surface area contributed by atoms with Crippen molar-refractivity contribution < 1.29 is 4.74 Å². The first kappa shape index (κ1) is 14.0. The zero-order valence-corrected chi connectivity index (χ0v) is 13.0. The Morgan fingerprint density at radius 2 is 1.94 bits per heavy atom. The van der Waals surface area contributed by atoms with Gasteiger partial charge in [-0.1, -0.05) is 28.1 Å². The highest BCUT2D eigenvalue weighted by Gasteiger charge is 2.25. The van der Waals surface area contributed by atoms with Gasteiger partial charge >= 0.3 is 0 Å². The first-order valence-corrected chi connectivity index (χ1v) is 7.43. The highest BCUT2D eigenvalue weighted by Crippen LogP contribution is 2.24. The second kappa shape index (κ2) is 5.72. The van der Waals surface area contributed by atoms with E-state index in [1.807, 2.05) is 0 Å². The van der Waals surface area contributed by atoms with Crippen molar-refractivity contribution in [3.05, 3.63) is 34.3 Å². The molecule has 2 unspecified atom stereocenters. The number of hydrogen-bond donors (Lipinski definition) is 1. The Hall–Kier alpha value is -0.380. The Morgan fingerprint density at radius 1 is 1.28 bits per heavy atom. The first-order chi connectivity index (χ1) is 8.47. The summed E-state index contributed by atoms with van der Waals surface area (Å²) in [5, 5.41) is 3.62. The standard InChI is InChI=1S/C15H22BrNO/c1-11-4-9-14(18-11)10-17-15(2,3)12-5-7-13(16)8-6-12/h5-8,11,14,17H,4,9-10H2,1-3H3. The lowest BCUT2D eigenvalue weighted by Gasteiger charge is -2.28. The van der Waals surface area contributed by atoms with Crippen molar-refractivity contribution in [3.8, 4) is 0 Å². The Balaban J connectivity index is 1.92. The lowest BCUT2D eigenvalue weighted by atomic mass is 9.94. The van der Waals surface area contributed by atoms with Crippen molar-refractivity contribution >= 4 is 15.9 Å². The molecule has 2 atom stereocenters. The van der Waals surface area contributed by atoms with E-state index in [0.717, 1.165) is 11.0 Å². The molecular weight excluding hydrogens is 290 g/mol. The van der Waals surface area contributed by atoms with Crippen LogP contribution in [0.15, 0.2) is 28.7 Å². The molecule has 18 heavy (non-hydrogen) atoms. The summed E-state index contributed by atoms with van der Waals surface area (Å²) in [7, 11) is 0. The van der Waals surface area contributed by atoms with Gasteiger partial charge in [-0.15, -0.1) is 0 Å². The van der Waals surface area contributed by atoms with Crippen LogP contribution in [0.25, 0.3) is 0 Å². The Morgan fingerprint density at radius 3 is 2.50 bits per heavy atom.